The van der Waals surface area contributed by atoms with Gasteiger partial charge in [0.05, 0.1) is 22.9 Å². The van der Waals surface area contributed by atoms with Gasteiger partial charge < -0.3 is 21.4 Å². The van der Waals surface area contributed by atoms with Gasteiger partial charge in [0.2, 0.25) is 5.91 Å². The number of nitrogens with zero attached hydrogens (tertiary/aromatic N) is 3. The lowest BCUT2D eigenvalue weighted by Crippen LogP contribution is -2.34. The molecule has 0 aliphatic rings. The Bertz CT molecular complexity index is 1580. The largest absolute Gasteiger partial charge is 0.369 e. The van der Waals surface area contributed by atoms with Crippen molar-refractivity contribution < 1.29 is 4.79 Å². The predicted octanol–water partition coefficient (Wildman–Crippen LogP) is 3.34. The Labute approximate surface area is 213 Å². The number of imidazole rings is 1. The van der Waals surface area contributed by atoms with Crippen LogP contribution in [0.2, 0.25) is 0 Å². The normalized spacial score (nSPS) is 10.9. The molecule has 3 aromatic carbocycles. The number of hydrogen-bond donors (Lipinski definition) is 4. The highest BCUT2D eigenvalue weighted by molar-refractivity contribution is 5.79. The quantitative estimate of drug-likeness (QED) is 0.249. The maximum atomic E-state index is 13.4. The summed E-state index contributed by atoms with van der Waals surface area (Å²) in [5.41, 5.74) is 10.4. The van der Waals surface area contributed by atoms with Crippen LogP contribution in [0.3, 0.4) is 0 Å². The van der Waals surface area contributed by atoms with Crippen molar-refractivity contribution in [2.24, 2.45) is 0 Å². The van der Waals surface area contributed by atoms with E-state index in [0.717, 1.165) is 34.1 Å². The zero-order valence-corrected chi connectivity index (χ0v) is 20.1. The van der Waals surface area contributed by atoms with Gasteiger partial charge in [0, 0.05) is 13.1 Å². The number of nitrogens with one attached hydrogen (secondary N) is 3. The minimum Gasteiger partial charge on any atom is -0.369 e. The van der Waals surface area contributed by atoms with Crippen molar-refractivity contribution in [2.75, 3.05) is 17.6 Å². The van der Waals surface area contributed by atoms with Crippen molar-refractivity contribution in [1.29, 1.82) is 0 Å². The van der Waals surface area contributed by atoms with Gasteiger partial charge in [-0.1, -0.05) is 66.7 Å². The molecule has 2 aromatic heterocycles. The van der Waals surface area contributed by atoms with Crippen molar-refractivity contribution in [3.63, 3.8) is 0 Å². The summed E-state index contributed by atoms with van der Waals surface area (Å²) < 4.78 is 1.46. The van der Waals surface area contributed by atoms with E-state index in [2.05, 4.69) is 25.6 Å². The van der Waals surface area contributed by atoms with Crippen LogP contribution >= 0.6 is 0 Å². The van der Waals surface area contributed by atoms with Crippen LogP contribution in [-0.2, 0) is 24.3 Å². The van der Waals surface area contributed by atoms with Crippen LogP contribution in [0, 0.1) is 0 Å². The molecular formula is C28H27N7O2. The molecule has 0 unspecified atom stereocenters. The molecule has 0 radical (unpaired) electrons. The molecule has 186 valence electrons. The first-order valence-electron chi connectivity index (χ1n) is 12.0. The Morgan fingerprint density at radius 1 is 0.973 bits per heavy atom. The first-order valence-corrected chi connectivity index (χ1v) is 12.0. The molecule has 0 saturated carbocycles. The number of fused-ring (bicyclic) bond motifs is 1. The van der Waals surface area contributed by atoms with E-state index in [9.17, 15) is 9.59 Å². The lowest BCUT2D eigenvalue weighted by atomic mass is 10.1. The molecule has 0 spiro atoms. The van der Waals surface area contributed by atoms with E-state index in [1.807, 2.05) is 78.9 Å². The predicted molar refractivity (Wildman–Crippen MR) is 145 cm³/mol. The Morgan fingerprint density at radius 2 is 1.73 bits per heavy atom. The molecule has 37 heavy (non-hydrogen) atoms. The molecule has 0 aliphatic heterocycles. The van der Waals surface area contributed by atoms with E-state index >= 15 is 0 Å². The number of nitrogens with two attached hydrogens (primary N) is 1. The third kappa shape index (κ3) is 5.67. The van der Waals surface area contributed by atoms with Gasteiger partial charge in [0.15, 0.2) is 11.8 Å². The minimum absolute atomic E-state index is 0.141. The summed E-state index contributed by atoms with van der Waals surface area (Å²) in [6.45, 7) is 0.707. The van der Waals surface area contributed by atoms with Crippen LogP contribution < -0.4 is 21.9 Å². The summed E-state index contributed by atoms with van der Waals surface area (Å²) in [5.74, 6) is 0.269. The smallest absolute Gasteiger partial charge is 0.294 e. The van der Waals surface area contributed by atoms with Crippen LogP contribution in [0.15, 0.2) is 89.9 Å². The fourth-order valence-electron chi connectivity index (χ4n) is 4.16. The first-order chi connectivity index (χ1) is 18.1. The Hall–Kier alpha value is -4.92. The van der Waals surface area contributed by atoms with Crippen molar-refractivity contribution in [2.45, 2.75) is 19.5 Å². The van der Waals surface area contributed by atoms with E-state index in [1.165, 1.54) is 4.57 Å². The second kappa shape index (κ2) is 10.8. The van der Waals surface area contributed by atoms with Gasteiger partial charge in [-0.25, -0.2) is 9.97 Å². The number of aromatic nitrogens is 4. The number of hydrogen-bond acceptors (Lipinski definition) is 6. The average molecular weight is 494 g/mol. The van der Waals surface area contributed by atoms with E-state index in [1.54, 1.807) is 6.20 Å². The van der Waals surface area contributed by atoms with Gasteiger partial charge >= 0.3 is 0 Å². The summed E-state index contributed by atoms with van der Waals surface area (Å²) in [5, 5.41) is 6.04. The summed E-state index contributed by atoms with van der Waals surface area (Å²) in [7, 11) is 0. The molecule has 0 aliphatic carbocycles. The van der Waals surface area contributed by atoms with Crippen LogP contribution in [0.25, 0.3) is 22.3 Å². The molecule has 5 N–H and O–H groups in total. The second-order valence-corrected chi connectivity index (χ2v) is 8.66. The molecule has 9 heteroatoms. The van der Waals surface area contributed by atoms with E-state index in [4.69, 9.17) is 5.73 Å². The molecule has 5 rings (SSSR count). The average Bonchev–Trinajstić information content (AvgIpc) is 3.30. The van der Waals surface area contributed by atoms with Crippen molar-refractivity contribution >= 4 is 28.7 Å². The van der Waals surface area contributed by atoms with Gasteiger partial charge in [-0.05, 0) is 35.2 Å². The number of carbonyl (C=O) groups excluding carboxylic acids is 1. The molecule has 0 fully saturated rings. The number of benzene rings is 3. The highest BCUT2D eigenvalue weighted by atomic mass is 16.2. The first kappa shape index (κ1) is 23.8. The summed E-state index contributed by atoms with van der Waals surface area (Å²) in [6.07, 6.45) is 2.38. The number of nitrogen functional groups attached to an aromatic ring is 1. The maximum absolute atomic E-state index is 13.4. The van der Waals surface area contributed by atoms with Crippen molar-refractivity contribution in [3.05, 3.63) is 107 Å². The molecule has 2 heterocycles. The number of anilines is 2. The molecule has 9 nitrogen and oxygen atoms in total. The van der Waals surface area contributed by atoms with Gasteiger partial charge in [-0.15, -0.1) is 0 Å². The third-order valence-corrected chi connectivity index (χ3v) is 6.03. The fraction of sp³-hybridized carbons (Fsp3) is 0.143. The molecule has 0 atom stereocenters. The van der Waals surface area contributed by atoms with Gasteiger partial charge in [0.1, 0.15) is 6.54 Å². The third-order valence-electron chi connectivity index (χ3n) is 6.03. The monoisotopic (exact) mass is 493 g/mol. The summed E-state index contributed by atoms with van der Waals surface area (Å²) in [6, 6.07) is 25.1. The second-order valence-electron chi connectivity index (χ2n) is 8.66. The molecular weight excluding hydrogens is 466 g/mol. The molecule has 5 aromatic rings. The van der Waals surface area contributed by atoms with Gasteiger partial charge in [-0.3, -0.25) is 14.2 Å². The van der Waals surface area contributed by atoms with E-state index < -0.39 is 0 Å². The highest BCUT2D eigenvalue weighted by Gasteiger charge is 2.15. The lowest BCUT2D eigenvalue weighted by molar-refractivity contribution is -0.121. The number of H-pyrrole nitrogens is 1. The van der Waals surface area contributed by atoms with Crippen LogP contribution in [0.5, 0.6) is 0 Å². The highest BCUT2D eigenvalue weighted by Crippen LogP contribution is 2.18. The molecule has 0 saturated heterocycles. The zero-order chi connectivity index (χ0) is 25.6. The Morgan fingerprint density at radius 3 is 2.51 bits per heavy atom. The molecule has 0 bridgehead atoms. The zero-order valence-electron chi connectivity index (χ0n) is 20.1. The number of amides is 1. The van der Waals surface area contributed by atoms with E-state index in [0.29, 0.717) is 24.7 Å². The van der Waals surface area contributed by atoms with Crippen LogP contribution in [0.4, 0.5) is 11.8 Å². The lowest BCUT2D eigenvalue weighted by Gasteiger charge is -2.15. The SMILES string of the molecule is Nc1nc2ccc(CNC(=O)Cn3c(-c4ccccc4)cnc(NCCc4ccccc4)c3=O)cc2[nH]1. The fourth-order valence-corrected chi connectivity index (χ4v) is 4.16. The van der Waals surface area contributed by atoms with Gasteiger partial charge in [0.25, 0.3) is 5.56 Å². The summed E-state index contributed by atoms with van der Waals surface area (Å²) >= 11 is 0. The van der Waals surface area contributed by atoms with Crippen molar-refractivity contribution in [1.82, 2.24) is 24.8 Å². The maximum Gasteiger partial charge on any atom is 0.294 e. The molecule has 1 amide bonds. The van der Waals surface area contributed by atoms with E-state index in [-0.39, 0.29) is 23.8 Å². The van der Waals surface area contributed by atoms with Crippen LogP contribution in [-0.4, -0.2) is 32.0 Å². The Kier molecular flexibility index (Phi) is 6.93. The van der Waals surface area contributed by atoms with Crippen LogP contribution in [0.1, 0.15) is 11.1 Å². The number of rotatable bonds is 9. The van der Waals surface area contributed by atoms with Gasteiger partial charge in [-0.2, -0.15) is 0 Å². The standard InChI is InChI=1S/C28H27N7O2/c29-28-33-22-12-11-20(15-23(22)34-28)16-31-25(36)18-35-24(21-9-5-2-6-10-21)17-32-26(27(35)37)30-14-13-19-7-3-1-4-8-19/h1-12,15,17H,13-14,16,18H2,(H,30,32)(H,31,36)(H3,29,33,34). The minimum atomic E-state index is -0.348. The van der Waals surface area contributed by atoms with Crippen molar-refractivity contribution in [3.8, 4) is 11.3 Å². The summed E-state index contributed by atoms with van der Waals surface area (Å²) in [4.78, 5) is 37.9. The number of aromatic amines is 1. The Balaban J connectivity index is 1.33. The number of carbonyl (C=O) groups is 1. The topological polar surface area (TPSA) is 131 Å².